The molecule has 4 nitrogen and oxygen atoms in total. The van der Waals surface area contributed by atoms with Gasteiger partial charge >= 0.3 is 5.97 Å². The molecule has 1 aliphatic heterocycles. The van der Waals surface area contributed by atoms with Gasteiger partial charge in [0, 0.05) is 6.42 Å². The average molecular weight is 235 g/mol. The van der Waals surface area contributed by atoms with Crippen LogP contribution in [0.4, 0.5) is 0 Å². The predicted octanol–water partition coefficient (Wildman–Crippen LogP) is 1.58. The van der Waals surface area contributed by atoms with E-state index in [0.29, 0.717) is 13.0 Å². The van der Waals surface area contributed by atoms with Gasteiger partial charge < -0.3 is 15.2 Å². The van der Waals surface area contributed by atoms with Crippen molar-refractivity contribution >= 4 is 5.97 Å². The van der Waals surface area contributed by atoms with Crippen molar-refractivity contribution in [2.45, 2.75) is 31.9 Å². The highest BCUT2D eigenvalue weighted by Crippen LogP contribution is 2.19. The molecule has 17 heavy (non-hydrogen) atoms. The van der Waals surface area contributed by atoms with E-state index in [4.69, 9.17) is 9.84 Å². The summed E-state index contributed by atoms with van der Waals surface area (Å²) in [6, 6.07) is 7.34. The third-order valence-electron chi connectivity index (χ3n) is 2.98. The normalized spacial score (nSPS) is 24.3. The summed E-state index contributed by atoms with van der Waals surface area (Å²) < 4.78 is 5.79. The zero-order chi connectivity index (χ0) is 12.3. The third-order valence-corrected chi connectivity index (χ3v) is 2.98. The molecule has 2 atom stereocenters. The highest BCUT2D eigenvalue weighted by atomic mass is 16.5. The molecule has 2 rings (SSSR count). The first kappa shape index (κ1) is 11.9. The molecule has 2 N–H and O–H groups in total. The van der Waals surface area contributed by atoms with Crippen LogP contribution in [0.1, 0.15) is 18.4 Å². The fourth-order valence-corrected chi connectivity index (χ4v) is 1.99. The van der Waals surface area contributed by atoms with Crippen molar-refractivity contribution in [3.05, 3.63) is 29.8 Å². The third kappa shape index (κ3) is 3.20. The second-order valence-electron chi connectivity index (χ2n) is 4.42. The average Bonchev–Trinajstić information content (AvgIpc) is 2.32. The number of hydrogen-bond donors (Lipinski definition) is 2. The number of hydrogen-bond acceptors (Lipinski definition) is 3. The predicted molar refractivity (Wildman–Crippen MR) is 64.3 cm³/mol. The summed E-state index contributed by atoms with van der Waals surface area (Å²) in [5, 5.41) is 11.9. The van der Waals surface area contributed by atoms with Crippen LogP contribution in [0.5, 0.6) is 5.75 Å². The Hall–Kier alpha value is -1.55. The minimum atomic E-state index is -0.804. The van der Waals surface area contributed by atoms with Crippen LogP contribution in [0.2, 0.25) is 0 Å². The summed E-state index contributed by atoms with van der Waals surface area (Å²) in [5.74, 6) is 0.00819. The Morgan fingerprint density at radius 2 is 2.12 bits per heavy atom. The van der Waals surface area contributed by atoms with E-state index < -0.39 is 12.0 Å². The lowest BCUT2D eigenvalue weighted by Crippen LogP contribution is -2.46. The van der Waals surface area contributed by atoms with Gasteiger partial charge in [-0.15, -0.1) is 0 Å². The fourth-order valence-electron chi connectivity index (χ4n) is 1.99. The Labute approximate surface area is 101 Å². The maximum Gasteiger partial charge on any atom is 0.320 e. The summed E-state index contributed by atoms with van der Waals surface area (Å²) in [5.41, 5.74) is 1.19. The van der Waals surface area contributed by atoms with Crippen molar-refractivity contribution in [1.82, 2.24) is 5.32 Å². The zero-order valence-electron chi connectivity index (χ0n) is 9.85. The summed E-state index contributed by atoms with van der Waals surface area (Å²) in [7, 11) is 0. The molecule has 92 valence electrons. The van der Waals surface area contributed by atoms with Crippen molar-refractivity contribution in [3.8, 4) is 5.75 Å². The fraction of sp³-hybridized carbons (Fsp3) is 0.462. The Kier molecular flexibility index (Phi) is 3.64. The van der Waals surface area contributed by atoms with Crippen LogP contribution in [-0.4, -0.2) is 29.8 Å². The Balaban J connectivity index is 1.94. The van der Waals surface area contributed by atoms with Crippen molar-refractivity contribution in [3.63, 3.8) is 0 Å². The summed E-state index contributed by atoms with van der Waals surface area (Å²) in [4.78, 5) is 10.9. The molecule has 1 fully saturated rings. The Morgan fingerprint density at radius 1 is 1.41 bits per heavy atom. The van der Waals surface area contributed by atoms with Crippen LogP contribution >= 0.6 is 0 Å². The molecule has 0 radical (unpaired) electrons. The Morgan fingerprint density at radius 3 is 2.76 bits per heavy atom. The van der Waals surface area contributed by atoms with Crippen molar-refractivity contribution < 1.29 is 14.6 Å². The van der Waals surface area contributed by atoms with E-state index in [0.717, 1.165) is 12.2 Å². The van der Waals surface area contributed by atoms with Gasteiger partial charge in [0.05, 0.1) is 0 Å². The molecule has 1 saturated heterocycles. The molecule has 0 aromatic heterocycles. The first-order chi connectivity index (χ1) is 8.15. The number of carboxylic acid groups (broad SMARTS) is 1. The number of nitrogens with one attached hydrogen (secondary N) is 1. The quantitative estimate of drug-likeness (QED) is 0.835. The second kappa shape index (κ2) is 5.19. The Bertz CT molecular complexity index is 388. The van der Waals surface area contributed by atoms with E-state index in [1.165, 1.54) is 5.56 Å². The molecular weight excluding hydrogens is 218 g/mol. The van der Waals surface area contributed by atoms with Crippen LogP contribution < -0.4 is 10.1 Å². The van der Waals surface area contributed by atoms with Gasteiger partial charge in [0.1, 0.15) is 17.9 Å². The summed E-state index contributed by atoms with van der Waals surface area (Å²) in [6.07, 6.45) is 1.35. The van der Waals surface area contributed by atoms with Gasteiger partial charge in [0.15, 0.2) is 0 Å². The topological polar surface area (TPSA) is 58.6 Å². The summed E-state index contributed by atoms with van der Waals surface area (Å²) >= 11 is 0. The molecule has 2 unspecified atom stereocenters. The van der Waals surface area contributed by atoms with Gasteiger partial charge in [-0.25, -0.2) is 0 Å². The lowest BCUT2D eigenvalue weighted by atomic mass is 10.0. The number of benzene rings is 1. The number of carbonyl (C=O) groups is 1. The SMILES string of the molecule is Cc1ccc(OC2CCNC(C(=O)O)C2)cc1. The monoisotopic (exact) mass is 235 g/mol. The highest BCUT2D eigenvalue weighted by Gasteiger charge is 2.27. The number of rotatable bonds is 3. The number of piperidine rings is 1. The molecule has 4 heteroatoms. The van der Waals surface area contributed by atoms with Crippen LogP contribution in [0.25, 0.3) is 0 Å². The lowest BCUT2D eigenvalue weighted by Gasteiger charge is -2.28. The number of carboxylic acids is 1. The molecule has 0 spiro atoms. The summed E-state index contributed by atoms with van der Waals surface area (Å²) in [6.45, 7) is 2.71. The first-order valence-electron chi connectivity index (χ1n) is 5.84. The molecule has 0 aliphatic carbocycles. The second-order valence-corrected chi connectivity index (χ2v) is 4.42. The maximum atomic E-state index is 10.9. The first-order valence-corrected chi connectivity index (χ1v) is 5.84. The van der Waals surface area contributed by atoms with Crippen LogP contribution in [-0.2, 0) is 4.79 Å². The molecule has 1 aromatic rings. The largest absolute Gasteiger partial charge is 0.490 e. The smallest absolute Gasteiger partial charge is 0.320 e. The maximum absolute atomic E-state index is 10.9. The number of aryl methyl sites for hydroxylation is 1. The van der Waals surface area contributed by atoms with Gasteiger partial charge in [-0.2, -0.15) is 0 Å². The minimum absolute atomic E-state index is 0.0138. The van der Waals surface area contributed by atoms with Gasteiger partial charge in [0.25, 0.3) is 0 Å². The number of aliphatic carboxylic acids is 1. The zero-order valence-corrected chi connectivity index (χ0v) is 9.85. The van der Waals surface area contributed by atoms with Crippen molar-refractivity contribution in [1.29, 1.82) is 0 Å². The molecule has 1 aliphatic rings. The van der Waals surface area contributed by atoms with E-state index in [-0.39, 0.29) is 6.10 Å². The lowest BCUT2D eigenvalue weighted by molar-refractivity contribution is -0.140. The van der Waals surface area contributed by atoms with Gasteiger partial charge in [-0.3, -0.25) is 4.79 Å². The highest BCUT2D eigenvalue weighted by molar-refractivity contribution is 5.73. The molecule has 1 aromatic carbocycles. The van der Waals surface area contributed by atoms with E-state index in [1.807, 2.05) is 31.2 Å². The van der Waals surface area contributed by atoms with Crippen LogP contribution in [0.3, 0.4) is 0 Å². The van der Waals surface area contributed by atoms with Gasteiger partial charge in [-0.05, 0) is 32.0 Å². The van der Waals surface area contributed by atoms with E-state index in [2.05, 4.69) is 5.32 Å². The number of ether oxygens (including phenoxy) is 1. The molecule has 0 amide bonds. The molecule has 0 saturated carbocycles. The van der Waals surface area contributed by atoms with E-state index >= 15 is 0 Å². The standard InChI is InChI=1S/C13H17NO3/c1-9-2-4-10(5-3-9)17-11-6-7-14-12(8-11)13(15)16/h2-5,11-12,14H,6-8H2,1H3,(H,15,16). The molecular formula is C13H17NO3. The van der Waals surface area contributed by atoms with Gasteiger partial charge in [0.2, 0.25) is 0 Å². The van der Waals surface area contributed by atoms with Crippen LogP contribution in [0.15, 0.2) is 24.3 Å². The van der Waals surface area contributed by atoms with E-state index in [9.17, 15) is 4.79 Å². The van der Waals surface area contributed by atoms with Crippen LogP contribution in [0, 0.1) is 6.92 Å². The minimum Gasteiger partial charge on any atom is -0.490 e. The molecule has 0 bridgehead atoms. The van der Waals surface area contributed by atoms with Gasteiger partial charge in [-0.1, -0.05) is 17.7 Å². The van der Waals surface area contributed by atoms with Crippen molar-refractivity contribution in [2.24, 2.45) is 0 Å². The van der Waals surface area contributed by atoms with Crippen molar-refractivity contribution in [2.75, 3.05) is 6.54 Å². The molecule has 1 heterocycles. The van der Waals surface area contributed by atoms with E-state index in [1.54, 1.807) is 0 Å².